The van der Waals surface area contributed by atoms with Gasteiger partial charge in [-0.15, -0.1) is 0 Å². The van der Waals surface area contributed by atoms with Gasteiger partial charge in [0.25, 0.3) is 0 Å². The minimum absolute atomic E-state index is 0.0774. The molecule has 1 unspecified atom stereocenters. The summed E-state index contributed by atoms with van der Waals surface area (Å²) in [4.78, 5) is 37.9. The van der Waals surface area contributed by atoms with Crippen molar-refractivity contribution in [2.75, 3.05) is 13.2 Å². The van der Waals surface area contributed by atoms with Gasteiger partial charge in [0.1, 0.15) is 13.2 Å². The van der Waals surface area contributed by atoms with Crippen LogP contribution in [0.1, 0.15) is 271 Å². The Morgan fingerprint density at radius 2 is 0.650 bits per heavy atom. The summed E-state index contributed by atoms with van der Waals surface area (Å²) in [6, 6.07) is 0. The lowest BCUT2D eigenvalue weighted by Crippen LogP contribution is -2.30. The van der Waals surface area contributed by atoms with Gasteiger partial charge in [0.2, 0.25) is 0 Å². The zero-order valence-electron chi connectivity index (χ0n) is 40.0. The SMILES string of the molecule is CC/C=C\C/C=C\C/C=C\CCCCCCC(=O)OC(COC(=O)CCCCCCCCCCC)COC(=O)CCCCCCCCCCCCCCCCCCCCC. The highest BCUT2D eigenvalue weighted by Gasteiger charge is 2.19. The van der Waals surface area contributed by atoms with Gasteiger partial charge in [-0.3, -0.25) is 14.4 Å². The van der Waals surface area contributed by atoms with Crippen molar-refractivity contribution >= 4 is 17.9 Å². The summed E-state index contributed by atoms with van der Waals surface area (Å²) in [6.07, 6.45) is 57.1. The number of esters is 3. The minimum Gasteiger partial charge on any atom is -0.462 e. The summed E-state index contributed by atoms with van der Waals surface area (Å²) in [5.41, 5.74) is 0. The van der Waals surface area contributed by atoms with Crippen LogP contribution in [0, 0.1) is 0 Å². The molecular weight excluding hydrogens is 745 g/mol. The van der Waals surface area contributed by atoms with Crippen molar-refractivity contribution < 1.29 is 28.6 Å². The van der Waals surface area contributed by atoms with Gasteiger partial charge in [0.15, 0.2) is 6.10 Å². The molecule has 0 aliphatic carbocycles. The van der Waals surface area contributed by atoms with Gasteiger partial charge in [0.05, 0.1) is 0 Å². The molecule has 0 saturated carbocycles. The number of unbranched alkanes of at least 4 members (excludes halogenated alkanes) is 30. The van der Waals surface area contributed by atoms with E-state index in [4.69, 9.17) is 14.2 Å². The number of hydrogen-bond donors (Lipinski definition) is 0. The summed E-state index contributed by atoms with van der Waals surface area (Å²) in [6.45, 7) is 6.51. The first-order valence-electron chi connectivity index (χ1n) is 26.0. The predicted molar refractivity (Wildman–Crippen MR) is 256 cm³/mol. The normalized spacial score (nSPS) is 12.2. The van der Waals surface area contributed by atoms with Gasteiger partial charge in [0, 0.05) is 19.3 Å². The fourth-order valence-electron chi connectivity index (χ4n) is 7.52. The number of hydrogen-bond acceptors (Lipinski definition) is 6. The lowest BCUT2D eigenvalue weighted by atomic mass is 10.0. The molecule has 0 N–H and O–H groups in total. The molecule has 0 saturated heterocycles. The molecule has 0 rings (SSSR count). The summed E-state index contributed by atoms with van der Waals surface area (Å²) < 4.78 is 16.8. The second-order valence-corrected chi connectivity index (χ2v) is 17.4. The number of ether oxygens (including phenoxy) is 3. The smallest absolute Gasteiger partial charge is 0.306 e. The second kappa shape index (κ2) is 49.3. The molecule has 0 heterocycles. The van der Waals surface area contributed by atoms with Crippen LogP contribution in [0.2, 0.25) is 0 Å². The first-order chi connectivity index (χ1) is 29.5. The Morgan fingerprint density at radius 1 is 0.350 bits per heavy atom. The van der Waals surface area contributed by atoms with Crippen LogP contribution in [0.4, 0.5) is 0 Å². The molecule has 0 aliphatic heterocycles. The Labute approximate surface area is 372 Å². The lowest BCUT2D eigenvalue weighted by Gasteiger charge is -2.18. The van der Waals surface area contributed by atoms with Gasteiger partial charge in [-0.25, -0.2) is 0 Å². The molecule has 6 nitrogen and oxygen atoms in total. The zero-order valence-corrected chi connectivity index (χ0v) is 40.0. The Hall–Kier alpha value is -2.37. The van der Waals surface area contributed by atoms with Gasteiger partial charge in [-0.1, -0.05) is 237 Å². The highest BCUT2D eigenvalue weighted by atomic mass is 16.6. The van der Waals surface area contributed by atoms with Crippen molar-refractivity contribution in [3.05, 3.63) is 36.5 Å². The molecule has 0 aromatic carbocycles. The molecule has 0 aromatic rings. The van der Waals surface area contributed by atoms with Crippen molar-refractivity contribution in [3.8, 4) is 0 Å². The summed E-state index contributed by atoms with van der Waals surface area (Å²) in [5.74, 6) is -0.892. The molecule has 60 heavy (non-hydrogen) atoms. The lowest BCUT2D eigenvalue weighted by molar-refractivity contribution is -0.167. The van der Waals surface area contributed by atoms with E-state index in [9.17, 15) is 14.4 Å². The zero-order chi connectivity index (χ0) is 43.7. The van der Waals surface area contributed by atoms with Crippen LogP contribution in [0.15, 0.2) is 36.5 Å². The van der Waals surface area contributed by atoms with E-state index in [2.05, 4.69) is 57.2 Å². The van der Waals surface area contributed by atoms with Crippen LogP contribution in [0.3, 0.4) is 0 Å². The van der Waals surface area contributed by atoms with E-state index in [1.165, 1.54) is 141 Å². The van der Waals surface area contributed by atoms with Crippen LogP contribution < -0.4 is 0 Å². The number of carbonyl (C=O) groups excluding carboxylic acids is 3. The molecule has 0 spiro atoms. The van der Waals surface area contributed by atoms with Crippen LogP contribution in [-0.2, 0) is 28.6 Å². The van der Waals surface area contributed by atoms with Crippen molar-refractivity contribution in [1.29, 1.82) is 0 Å². The van der Waals surface area contributed by atoms with E-state index in [0.717, 1.165) is 89.9 Å². The van der Waals surface area contributed by atoms with Crippen molar-refractivity contribution in [1.82, 2.24) is 0 Å². The molecule has 0 fully saturated rings. The monoisotopic (exact) mass is 843 g/mol. The predicted octanol–water partition coefficient (Wildman–Crippen LogP) is 16.9. The minimum atomic E-state index is -0.777. The molecule has 0 amide bonds. The van der Waals surface area contributed by atoms with Crippen LogP contribution in [-0.4, -0.2) is 37.2 Å². The van der Waals surface area contributed by atoms with E-state index in [-0.39, 0.29) is 31.1 Å². The molecule has 0 aliphatic rings. The first kappa shape index (κ1) is 57.6. The Balaban J connectivity index is 4.27. The first-order valence-corrected chi connectivity index (χ1v) is 26.0. The molecular formula is C54H98O6. The summed E-state index contributed by atoms with van der Waals surface area (Å²) in [5, 5.41) is 0. The third-order valence-corrected chi connectivity index (χ3v) is 11.4. The van der Waals surface area contributed by atoms with E-state index < -0.39 is 6.10 Å². The highest BCUT2D eigenvalue weighted by Crippen LogP contribution is 2.16. The third kappa shape index (κ3) is 46.7. The highest BCUT2D eigenvalue weighted by molar-refractivity contribution is 5.71. The fourth-order valence-corrected chi connectivity index (χ4v) is 7.52. The quantitative estimate of drug-likeness (QED) is 0.0263. The number of rotatable bonds is 47. The molecule has 350 valence electrons. The fraction of sp³-hybridized carbons (Fsp3) is 0.833. The maximum absolute atomic E-state index is 12.8. The molecule has 0 radical (unpaired) electrons. The Bertz CT molecular complexity index is 1020. The summed E-state index contributed by atoms with van der Waals surface area (Å²) >= 11 is 0. The van der Waals surface area contributed by atoms with Crippen LogP contribution in [0.5, 0.6) is 0 Å². The maximum atomic E-state index is 12.8. The van der Waals surface area contributed by atoms with Gasteiger partial charge >= 0.3 is 17.9 Å². The van der Waals surface area contributed by atoms with Gasteiger partial charge in [-0.05, 0) is 51.4 Å². The third-order valence-electron chi connectivity index (χ3n) is 11.4. The van der Waals surface area contributed by atoms with Gasteiger partial charge in [-0.2, -0.15) is 0 Å². The Kier molecular flexibility index (Phi) is 47.3. The van der Waals surface area contributed by atoms with E-state index in [0.29, 0.717) is 19.3 Å². The molecule has 0 aromatic heterocycles. The topological polar surface area (TPSA) is 78.9 Å². The van der Waals surface area contributed by atoms with Crippen molar-refractivity contribution in [3.63, 3.8) is 0 Å². The summed E-state index contributed by atoms with van der Waals surface area (Å²) in [7, 11) is 0. The average molecular weight is 843 g/mol. The largest absolute Gasteiger partial charge is 0.462 e. The van der Waals surface area contributed by atoms with Crippen LogP contribution >= 0.6 is 0 Å². The molecule has 6 heteroatoms. The van der Waals surface area contributed by atoms with E-state index in [1.807, 2.05) is 0 Å². The van der Waals surface area contributed by atoms with Crippen LogP contribution in [0.25, 0.3) is 0 Å². The molecule has 1 atom stereocenters. The van der Waals surface area contributed by atoms with E-state index in [1.54, 1.807) is 0 Å². The van der Waals surface area contributed by atoms with Gasteiger partial charge < -0.3 is 14.2 Å². The van der Waals surface area contributed by atoms with Crippen molar-refractivity contribution in [2.45, 2.75) is 277 Å². The maximum Gasteiger partial charge on any atom is 0.306 e. The second-order valence-electron chi connectivity index (χ2n) is 17.4. The number of carbonyl (C=O) groups is 3. The standard InChI is InChI=1S/C54H98O6/c1-4-7-10-13-16-19-21-23-25-26-27-28-29-31-32-35-38-41-44-47-53(56)59-50-51(49-58-52(55)46-43-40-37-34-18-15-12-9-6-3)60-54(57)48-45-42-39-36-33-30-24-22-20-17-14-11-8-5-2/h8,11,17,20,24,30,51H,4-7,9-10,12-16,18-19,21-23,25-29,31-50H2,1-3H3/b11-8-,20-17-,30-24-. The average Bonchev–Trinajstić information content (AvgIpc) is 3.24. The molecule has 0 bridgehead atoms. The number of allylic oxidation sites excluding steroid dienone is 6. The van der Waals surface area contributed by atoms with E-state index >= 15 is 0 Å². The van der Waals surface area contributed by atoms with Crippen molar-refractivity contribution in [2.24, 2.45) is 0 Å². The Morgan fingerprint density at radius 3 is 1.02 bits per heavy atom.